The van der Waals surface area contributed by atoms with Crippen LogP contribution >= 0.6 is 11.8 Å². The van der Waals surface area contributed by atoms with Gasteiger partial charge in [0.15, 0.2) is 5.16 Å². The van der Waals surface area contributed by atoms with Gasteiger partial charge in [0.25, 0.3) is 0 Å². The van der Waals surface area contributed by atoms with Crippen molar-refractivity contribution in [1.29, 1.82) is 0 Å². The summed E-state index contributed by atoms with van der Waals surface area (Å²) in [7, 11) is 0. The van der Waals surface area contributed by atoms with Gasteiger partial charge < -0.3 is 16.2 Å². The first-order valence-electron chi connectivity index (χ1n) is 6.36. The number of aromatic nitrogens is 2. The summed E-state index contributed by atoms with van der Waals surface area (Å²) in [6.07, 6.45) is 0. The Balaban J connectivity index is 2.04. The molecular weight excluding hydrogens is 272 g/mol. The van der Waals surface area contributed by atoms with Crippen molar-refractivity contribution in [3.05, 3.63) is 42.0 Å². The summed E-state index contributed by atoms with van der Waals surface area (Å²) in [6.45, 7) is 1.91. The highest BCUT2D eigenvalue weighted by Gasteiger charge is 2.06. The number of anilines is 2. The number of benzene rings is 1. The van der Waals surface area contributed by atoms with Crippen LogP contribution in [0.4, 0.5) is 11.6 Å². The number of thioether (sulfide) groups is 1. The van der Waals surface area contributed by atoms with Gasteiger partial charge in [-0.1, -0.05) is 42.1 Å². The van der Waals surface area contributed by atoms with Crippen molar-refractivity contribution >= 4 is 23.4 Å². The normalized spacial score (nSPS) is 12.1. The van der Waals surface area contributed by atoms with Crippen LogP contribution in [0.5, 0.6) is 0 Å². The van der Waals surface area contributed by atoms with Gasteiger partial charge in [0.2, 0.25) is 0 Å². The summed E-state index contributed by atoms with van der Waals surface area (Å²) in [4.78, 5) is 8.60. The van der Waals surface area contributed by atoms with Crippen LogP contribution in [0.2, 0.25) is 0 Å². The van der Waals surface area contributed by atoms with Gasteiger partial charge in [-0.05, 0) is 12.5 Å². The van der Waals surface area contributed by atoms with E-state index in [1.165, 1.54) is 17.3 Å². The third-order valence-electron chi connectivity index (χ3n) is 2.60. The molecule has 106 valence electrons. The summed E-state index contributed by atoms with van der Waals surface area (Å²) in [5.74, 6) is 1.84. The molecule has 0 saturated heterocycles. The number of rotatable bonds is 6. The monoisotopic (exact) mass is 290 g/mol. The predicted octanol–water partition coefficient (Wildman–Crippen LogP) is 2.14. The molecule has 0 unspecified atom stereocenters. The van der Waals surface area contributed by atoms with Gasteiger partial charge in [-0.15, -0.1) is 0 Å². The molecule has 0 saturated carbocycles. The highest BCUT2D eigenvalue weighted by atomic mass is 32.2. The standard InChI is InChI=1S/C14H18N4OS/c1-10(8-19)16-13-7-12(15)17-14(18-13)20-9-11-5-3-2-4-6-11/h2-7,10,19H,8-9H2,1H3,(H3,15,16,17,18)/t10-/m1/s1. The average Bonchev–Trinajstić information content (AvgIpc) is 2.45. The second-order valence-corrected chi connectivity index (χ2v) is 5.41. The zero-order chi connectivity index (χ0) is 14.4. The van der Waals surface area contributed by atoms with Gasteiger partial charge in [-0.3, -0.25) is 0 Å². The quantitative estimate of drug-likeness (QED) is 0.558. The topological polar surface area (TPSA) is 84.1 Å². The van der Waals surface area contributed by atoms with E-state index in [9.17, 15) is 0 Å². The summed E-state index contributed by atoms with van der Waals surface area (Å²) >= 11 is 1.53. The van der Waals surface area contributed by atoms with Crippen molar-refractivity contribution in [2.24, 2.45) is 0 Å². The lowest BCUT2D eigenvalue weighted by Crippen LogP contribution is -2.20. The molecule has 0 aliphatic rings. The minimum Gasteiger partial charge on any atom is -0.394 e. The zero-order valence-corrected chi connectivity index (χ0v) is 12.1. The minimum absolute atomic E-state index is 0.0381. The molecule has 0 fully saturated rings. The molecule has 0 bridgehead atoms. The highest BCUT2D eigenvalue weighted by molar-refractivity contribution is 7.98. The molecule has 1 atom stereocenters. The van der Waals surface area contributed by atoms with E-state index in [0.717, 1.165) is 5.75 Å². The number of aliphatic hydroxyl groups is 1. The minimum atomic E-state index is -0.0729. The Bertz CT molecular complexity index is 550. The van der Waals surface area contributed by atoms with Gasteiger partial charge >= 0.3 is 0 Å². The molecular formula is C14H18N4OS. The number of nitrogen functional groups attached to an aromatic ring is 1. The van der Waals surface area contributed by atoms with E-state index >= 15 is 0 Å². The molecule has 6 heteroatoms. The maximum absolute atomic E-state index is 9.04. The van der Waals surface area contributed by atoms with E-state index in [1.807, 2.05) is 25.1 Å². The highest BCUT2D eigenvalue weighted by Crippen LogP contribution is 2.22. The Labute approximate surface area is 122 Å². The van der Waals surface area contributed by atoms with E-state index < -0.39 is 0 Å². The van der Waals surface area contributed by atoms with E-state index in [1.54, 1.807) is 6.07 Å². The van der Waals surface area contributed by atoms with Crippen molar-refractivity contribution in [1.82, 2.24) is 9.97 Å². The molecule has 1 aromatic carbocycles. The van der Waals surface area contributed by atoms with Gasteiger partial charge in [0, 0.05) is 17.9 Å². The average molecular weight is 290 g/mol. The van der Waals surface area contributed by atoms with Crippen LogP contribution in [0.25, 0.3) is 0 Å². The fourth-order valence-corrected chi connectivity index (χ4v) is 2.42. The smallest absolute Gasteiger partial charge is 0.191 e. The maximum atomic E-state index is 9.04. The molecule has 1 aromatic heterocycles. The predicted molar refractivity (Wildman–Crippen MR) is 82.6 cm³/mol. The van der Waals surface area contributed by atoms with Crippen molar-refractivity contribution in [2.45, 2.75) is 23.9 Å². The molecule has 2 rings (SSSR count). The van der Waals surface area contributed by atoms with E-state index in [-0.39, 0.29) is 12.6 Å². The summed E-state index contributed by atoms with van der Waals surface area (Å²) in [5.41, 5.74) is 6.99. The molecule has 2 aromatic rings. The van der Waals surface area contributed by atoms with Crippen LogP contribution in [0, 0.1) is 0 Å². The number of nitrogens with zero attached hydrogens (tertiary/aromatic N) is 2. The van der Waals surface area contributed by atoms with Crippen molar-refractivity contribution in [3.63, 3.8) is 0 Å². The van der Waals surface area contributed by atoms with Gasteiger partial charge in [0.1, 0.15) is 11.6 Å². The first-order valence-corrected chi connectivity index (χ1v) is 7.34. The van der Waals surface area contributed by atoms with E-state index in [2.05, 4.69) is 27.4 Å². The van der Waals surface area contributed by atoms with Crippen molar-refractivity contribution in [3.8, 4) is 0 Å². The second-order valence-electron chi connectivity index (χ2n) is 4.46. The van der Waals surface area contributed by atoms with Crippen LogP contribution in [-0.2, 0) is 5.75 Å². The molecule has 1 heterocycles. The third kappa shape index (κ3) is 4.40. The molecule has 0 aliphatic heterocycles. The summed E-state index contributed by atoms with van der Waals surface area (Å²) < 4.78 is 0. The lowest BCUT2D eigenvalue weighted by Gasteiger charge is -2.12. The van der Waals surface area contributed by atoms with E-state index in [0.29, 0.717) is 16.8 Å². The number of hydrogen-bond donors (Lipinski definition) is 3. The van der Waals surface area contributed by atoms with Crippen molar-refractivity contribution < 1.29 is 5.11 Å². The number of nitrogens with two attached hydrogens (primary N) is 1. The largest absolute Gasteiger partial charge is 0.394 e. The summed E-state index contributed by atoms with van der Waals surface area (Å²) in [6, 6.07) is 11.7. The molecule has 0 spiro atoms. The SMILES string of the molecule is C[C@H](CO)Nc1cc(N)nc(SCc2ccccc2)n1. The molecule has 0 aliphatic carbocycles. The molecule has 4 N–H and O–H groups in total. The van der Waals surface area contributed by atoms with Gasteiger partial charge in [-0.25, -0.2) is 9.97 Å². The molecule has 20 heavy (non-hydrogen) atoms. The Morgan fingerprint density at radius 1 is 1.30 bits per heavy atom. The Morgan fingerprint density at radius 2 is 2.05 bits per heavy atom. The third-order valence-corrected chi connectivity index (χ3v) is 3.52. The second kappa shape index (κ2) is 7.12. The number of hydrogen-bond acceptors (Lipinski definition) is 6. The van der Waals surface area contributed by atoms with Gasteiger partial charge in [-0.2, -0.15) is 0 Å². The first-order chi connectivity index (χ1) is 9.67. The van der Waals surface area contributed by atoms with Crippen LogP contribution < -0.4 is 11.1 Å². The Kier molecular flexibility index (Phi) is 5.20. The fraction of sp³-hybridized carbons (Fsp3) is 0.286. The van der Waals surface area contributed by atoms with Crippen molar-refractivity contribution in [2.75, 3.05) is 17.7 Å². The Morgan fingerprint density at radius 3 is 2.75 bits per heavy atom. The van der Waals surface area contributed by atoms with Crippen LogP contribution in [0.3, 0.4) is 0 Å². The first kappa shape index (κ1) is 14.6. The maximum Gasteiger partial charge on any atom is 0.191 e. The number of aliphatic hydroxyl groups excluding tert-OH is 1. The van der Waals surface area contributed by atoms with Gasteiger partial charge in [0.05, 0.1) is 6.61 Å². The molecule has 0 radical (unpaired) electrons. The van der Waals surface area contributed by atoms with Crippen LogP contribution in [-0.4, -0.2) is 27.7 Å². The lowest BCUT2D eigenvalue weighted by molar-refractivity contribution is 0.281. The Hall–Kier alpha value is -1.79. The lowest BCUT2D eigenvalue weighted by atomic mass is 10.2. The van der Waals surface area contributed by atoms with Crippen LogP contribution in [0.15, 0.2) is 41.6 Å². The summed E-state index contributed by atoms with van der Waals surface area (Å²) in [5, 5.41) is 12.7. The number of nitrogens with one attached hydrogen (secondary N) is 1. The molecule has 0 amide bonds. The van der Waals surface area contributed by atoms with Crippen LogP contribution in [0.1, 0.15) is 12.5 Å². The molecule has 5 nitrogen and oxygen atoms in total. The van der Waals surface area contributed by atoms with E-state index in [4.69, 9.17) is 10.8 Å². The fourth-order valence-electron chi connectivity index (χ4n) is 1.60. The zero-order valence-electron chi connectivity index (χ0n) is 11.3.